The molecule has 2 aliphatic rings. The monoisotopic (exact) mass is 459 g/mol. The second-order valence-electron chi connectivity index (χ2n) is 8.01. The Bertz CT molecular complexity index is 1380. The van der Waals surface area contributed by atoms with E-state index in [0.29, 0.717) is 40.8 Å². The number of amides is 3. The Labute approximate surface area is 194 Å². The minimum Gasteiger partial charge on any atom is -0.454 e. The van der Waals surface area contributed by atoms with Crippen molar-refractivity contribution in [2.24, 2.45) is 5.73 Å². The molecule has 0 bridgehead atoms. The molecule has 172 valence electrons. The second kappa shape index (κ2) is 8.51. The lowest BCUT2D eigenvalue weighted by atomic mass is 10.0. The third kappa shape index (κ3) is 3.92. The molecule has 3 amide bonds. The SMILES string of the molecule is C[C@@H](OC(=O)c1c2c(nc3ccccc13)/C(=C/c1ccc3c(c1)OCO3)CC2)C(=O)NC(N)=O. The standard InChI is InChI=1S/C25H21N3O6/c1-13(23(29)28-25(26)31)34-24(30)21-16-4-2-3-5-18(16)27-22-15(7-8-17(21)22)10-14-6-9-19-20(11-14)33-12-32-19/h2-6,9-11,13H,7-8,12H2,1H3,(H3,26,28,29,31)/b15-10+/t13-/m1/s1. The summed E-state index contributed by atoms with van der Waals surface area (Å²) in [5.41, 5.74) is 9.39. The van der Waals surface area contributed by atoms with Crippen LogP contribution < -0.4 is 20.5 Å². The van der Waals surface area contributed by atoms with Gasteiger partial charge in [-0.25, -0.2) is 14.6 Å². The number of aromatic nitrogens is 1. The lowest BCUT2D eigenvalue weighted by Crippen LogP contribution is -2.42. The summed E-state index contributed by atoms with van der Waals surface area (Å²) in [6, 6.07) is 12.0. The van der Waals surface area contributed by atoms with E-state index in [1.165, 1.54) is 6.92 Å². The minimum absolute atomic E-state index is 0.201. The van der Waals surface area contributed by atoms with Crippen molar-refractivity contribution in [1.29, 1.82) is 0 Å². The number of rotatable bonds is 4. The lowest BCUT2D eigenvalue weighted by molar-refractivity contribution is -0.127. The van der Waals surface area contributed by atoms with E-state index in [-0.39, 0.29) is 6.79 Å². The van der Waals surface area contributed by atoms with E-state index in [9.17, 15) is 14.4 Å². The number of esters is 1. The molecule has 1 aliphatic carbocycles. The van der Waals surface area contributed by atoms with E-state index in [4.69, 9.17) is 24.9 Å². The van der Waals surface area contributed by atoms with Gasteiger partial charge in [0.25, 0.3) is 5.91 Å². The fraction of sp³-hybridized carbons (Fsp3) is 0.200. The number of allylic oxidation sites excluding steroid dienone is 1. The van der Waals surface area contributed by atoms with E-state index in [0.717, 1.165) is 22.4 Å². The largest absolute Gasteiger partial charge is 0.454 e. The van der Waals surface area contributed by atoms with Crippen LogP contribution >= 0.6 is 0 Å². The molecule has 0 saturated carbocycles. The number of ether oxygens (including phenoxy) is 3. The normalized spacial score (nSPS) is 15.7. The van der Waals surface area contributed by atoms with Crippen molar-refractivity contribution in [1.82, 2.24) is 10.3 Å². The average molecular weight is 459 g/mol. The number of urea groups is 1. The van der Waals surface area contributed by atoms with Crippen LogP contribution in [0.5, 0.6) is 11.5 Å². The van der Waals surface area contributed by atoms with Crippen LogP contribution in [0.3, 0.4) is 0 Å². The number of nitrogens with zero attached hydrogens (tertiary/aromatic N) is 1. The van der Waals surface area contributed by atoms with Gasteiger partial charge in [0, 0.05) is 5.39 Å². The first kappa shape index (κ1) is 21.4. The maximum absolute atomic E-state index is 13.2. The quantitative estimate of drug-likeness (QED) is 0.573. The molecule has 9 nitrogen and oxygen atoms in total. The Morgan fingerprint density at radius 3 is 2.74 bits per heavy atom. The Balaban J connectivity index is 1.53. The molecular weight excluding hydrogens is 438 g/mol. The van der Waals surface area contributed by atoms with Gasteiger partial charge >= 0.3 is 12.0 Å². The zero-order valence-electron chi connectivity index (χ0n) is 18.3. The third-order valence-corrected chi connectivity index (χ3v) is 5.78. The Kier molecular flexibility index (Phi) is 5.37. The van der Waals surface area contributed by atoms with E-state index >= 15 is 0 Å². The maximum Gasteiger partial charge on any atom is 0.339 e. The molecule has 1 aromatic heterocycles. The molecule has 1 atom stereocenters. The zero-order chi connectivity index (χ0) is 23.8. The molecule has 34 heavy (non-hydrogen) atoms. The summed E-state index contributed by atoms with van der Waals surface area (Å²) in [6.07, 6.45) is 2.10. The van der Waals surface area contributed by atoms with E-state index in [1.807, 2.05) is 47.8 Å². The van der Waals surface area contributed by atoms with Crippen molar-refractivity contribution in [3.63, 3.8) is 0 Å². The first-order valence-electron chi connectivity index (χ1n) is 10.7. The number of carbonyl (C=O) groups is 3. The fourth-order valence-corrected chi connectivity index (χ4v) is 4.21. The van der Waals surface area contributed by atoms with Crippen molar-refractivity contribution in [3.8, 4) is 11.5 Å². The average Bonchev–Trinajstić information content (AvgIpc) is 3.43. The summed E-state index contributed by atoms with van der Waals surface area (Å²) in [6.45, 7) is 1.58. The number of imide groups is 1. The van der Waals surface area contributed by atoms with E-state index in [2.05, 4.69) is 0 Å². The van der Waals surface area contributed by atoms with E-state index < -0.39 is 24.0 Å². The number of benzene rings is 2. The zero-order valence-corrected chi connectivity index (χ0v) is 18.3. The molecule has 9 heteroatoms. The summed E-state index contributed by atoms with van der Waals surface area (Å²) in [4.78, 5) is 41.0. The van der Waals surface area contributed by atoms with Crippen LogP contribution in [-0.4, -0.2) is 35.8 Å². The van der Waals surface area contributed by atoms with Gasteiger partial charge in [-0.1, -0.05) is 24.3 Å². The van der Waals surface area contributed by atoms with Gasteiger partial charge in [-0.3, -0.25) is 10.1 Å². The first-order chi connectivity index (χ1) is 16.4. The predicted octanol–water partition coefficient (Wildman–Crippen LogP) is 3.19. The van der Waals surface area contributed by atoms with Gasteiger partial charge in [0.05, 0.1) is 16.8 Å². The molecule has 0 unspecified atom stereocenters. The molecule has 0 fully saturated rings. The fourth-order valence-electron chi connectivity index (χ4n) is 4.21. The van der Waals surface area contributed by atoms with Crippen molar-refractivity contribution in [2.45, 2.75) is 25.9 Å². The molecule has 0 spiro atoms. The molecular formula is C25H21N3O6. The van der Waals surface area contributed by atoms with Gasteiger partial charge in [0.15, 0.2) is 17.6 Å². The van der Waals surface area contributed by atoms with Gasteiger partial charge in [-0.2, -0.15) is 0 Å². The summed E-state index contributed by atoms with van der Waals surface area (Å²) >= 11 is 0. The van der Waals surface area contributed by atoms with Crippen molar-refractivity contribution in [2.75, 3.05) is 6.79 Å². The van der Waals surface area contributed by atoms with Gasteiger partial charge in [-0.05, 0) is 60.7 Å². The summed E-state index contributed by atoms with van der Waals surface area (Å²) in [5.74, 6) is -0.0605. The number of hydrogen-bond acceptors (Lipinski definition) is 7. The highest BCUT2D eigenvalue weighted by molar-refractivity contribution is 6.08. The summed E-state index contributed by atoms with van der Waals surface area (Å²) in [7, 11) is 0. The number of nitrogens with one attached hydrogen (secondary N) is 1. The van der Waals surface area contributed by atoms with Crippen molar-refractivity contribution >= 4 is 40.5 Å². The van der Waals surface area contributed by atoms with Crippen LogP contribution in [-0.2, 0) is 16.0 Å². The van der Waals surface area contributed by atoms with Crippen LogP contribution in [0.1, 0.15) is 40.5 Å². The van der Waals surface area contributed by atoms with Crippen LogP contribution in [0.15, 0.2) is 42.5 Å². The topological polar surface area (TPSA) is 130 Å². The Hall–Kier alpha value is -4.40. The summed E-state index contributed by atoms with van der Waals surface area (Å²) < 4.78 is 16.3. The number of nitrogens with two attached hydrogens (primary N) is 1. The molecule has 0 saturated heterocycles. The van der Waals surface area contributed by atoms with E-state index in [1.54, 1.807) is 6.07 Å². The molecule has 3 N–H and O–H groups in total. The second-order valence-corrected chi connectivity index (χ2v) is 8.01. The minimum atomic E-state index is -1.20. The third-order valence-electron chi connectivity index (χ3n) is 5.78. The van der Waals surface area contributed by atoms with Gasteiger partial charge < -0.3 is 19.9 Å². The number of fused-ring (bicyclic) bond motifs is 3. The highest BCUT2D eigenvalue weighted by atomic mass is 16.7. The van der Waals surface area contributed by atoms with Crippen LogP contribution in [0.25, 0.3) is 22.6 Å². The number of primary amides is 1. The van der Waals surface area contributed by atoms with Gasteiger partial charge in [0.2, 0.25) is 6.79 Å². The van der Waals surface area contributed by atoms with Crippen molar-refractivity contribution in [3.05, 3.63) is 64.8 Å². The van der Waals surface area contributed by atoms with Crippen LogP contribution in [0, 0.1) is 0 Å². The summed E-state index contributed by atoms with van der Waals surface area (Å²) in [5, 5.41) is 2.56. The van der Waals surface area contributed by atoms with Crippen molar-refractivity contribution < 1.29 is 28.6 Å². The lowest BCUT2D eigenvalue weighted by Gasteiger charge is -2.15. The Morgan fingerprint density at radius 2 is 1.91 bits per heavy atom. The molecule has 5 rings (SSSR count). The maximum atomic E-state index is 13.2. The highest BCUT2D eigenvalue weighted by Gasteiger charge is 2.29. The van der Waals surface area contributed by atoms with Crippen LogP contribution in [0.2, 0.25) is 0 Å². The number of para-hydroxylation sites is 1. The van der Waals surface area contributed by atoms with Gasteiger partial charge in [-0.15, -0.1) is 0 Å². The number of carbonyl (C=O) groups excluding carboxylic acids is 3. The Morgan fingerprint density at radius 1 is 1.12 bits per heavy atom. The molecule has 3 aromatic rings. The van der Waals surface area contributed by atoms with Gasteiger partial charge in [0.1, 0.15) is 0 Å². The smallest absolute Gasteiger partial charge is 0.339 e. The molecule has 2 heterocycles. The number of pyridine rings is 1. The first-order valence-corrected chi connectivity index (χ1v) is 10.7. The predicted molar refractivity (Wildman–Crippen MR) is 123 cm³/mol. The van der Waals surface area contributed by atoms with Crippen LogP contribution in [0.4, 0.5) is 4.79 Å². The molecule has 2 aromatic carbocycles. The number of hydrogen-bond donors (Lipinski definition) is 2. The molecule has 1 aliphatic heterocycles. The molecule has 0 radical (unpaired) electrons. The highest BCUT2D eigenvalue weighted by Crippen LogP contribution is 2.39.